The van der Waals surface area contributed by atoms with E-state index >= 15 is 0 Å². The summed E-state index contributed by atoms with van der Waals surface area (Å²) in [6.07, 6.45) is 6.34. The Morgan fingerprint density at radius 1 is 1.24 bits per heavy atom. The van der Waals surface area contributed by atoms with Crippen LogP contribution in [0, 0.1) is 0 Å². The smallest absolute Gasteiger partial charge is 0.159 e. The SMILES string of the molecule is CCSc1ccc(-c2ncc3c(n2)CCCCC3N)cc1. The standard InChI is InChI=1S/C17H21N3S/c1-2-21-13-9-7-12(8-10-13)17-19-11-14-15(18)5-3-4-6-16(14)20-17/h7-11,15H,2-6,18H2,1H3. The fourth-order valence-corrected chi connectivity index (χ4v) is 3.42. The normalized spacial score (nSPS) is 18.1. The van der Waals surface area contributed by atoms with Gasteiger partial charge < -0.3 is 5.73 Å². The zero-order valence-corrected chi connectivity index (χ0v) is 13.2. The first-order valence-electron chi connectivity index (χ1n) is 7.62. The molecular formula is C17H21N3S. The number of aromatic nitrogens is 2. The molecule has 0 amide bonds. The van der Waals surface area contributed by atoms with E-state index in [1.54, 1.807) is 0 Å². The molecule has 0 aliphatic heterocycles. The largest absolute Gasteiger partial charge is 0.324 e. The molecule has 0 fully saturated rings. The first kappa shape index (κ1) is 14.5. The lowest BCUT2D eigenvalue weighted by atomic mass is 10.1. The molecule has 0 radical (unpaired) electrons. The number of aryl methyl sites for hydroxylation is 1. The molecule has 1 aliphatic rings. The van der Waals surface area contributed by atoms with E-state index in [1.165, 1.54) is 17.7 Å². The van der Waals surface area contributed by atoms with Crippen LogP contribution in [0.25, 0.3) is 11.4 Å². The summed E-state index contributed by atoms with van der Waals surface area (Å²) in [5.41, 5.74) is 9.56. The van der Waals surface area contributed by atoms with E-state index in [1.807, 2.05) is 18.0 Å². The summed E-state index contributed by atoms with van der Waals surface area (Å²) < 4.78 is 0. The van der Waals surface area contributed by atoms with Crippen LogP contribution in [0.5, 0.6) is 0 Å². The molecule has 3 nitrogen and oxygen atoms in total. The van der Waals surface area contributed by atoms with E-state index < -0.39 is 0 Å². The summed E-state index contributed by atoms with van der Waals surface area (Å²) in [5, 5.41) is 0. The third kappa shape index (κ3) is 3.27. The Hall–Kier alpha value is -1.39. The molecule has 2 N–H and O–H groups in total. The van der Waals surface area contributed by atoms with Gasteiger partial charge in [0.2, 0.25) is 0 Å². The monoisotopic (exact) mass is 299 g/mol. The van der Waals surface area contributed by atoms with E-state index in [9.17, 15) is 0 Å². The van der Waals surface area contributed by atoms with Gasteiger partial charge in [-0.3, -0.25) is 0 Å². The lowest BCUT2D eigenvalue weighted by Gasteiger charge is -2.12. The molecule has 1 atom stereocenters. The Bertz CT molecular complexity index is 610. The van der Waals surface area contributed by atoms with Crippen molar-refractivity contribution >= 4 is 11.8 Å². The van der Waals surface area contributed by atoms with Gasteiger partial charge in [-0.25, -0.2) is 9.97 Å². The van der Waals surface area contributed by atoms with Crippen molar-refractivity contribution in [2.75, 3.05) is 5.75 Å². The zero-order valence-electron chi connectivity index (χ0n) is 12.4. The van der Waals surface area contributed by atoms with E-state index in [4.69, 9.17) is 10.7 Å². The molecule has 21 heavy (non-hydrogen) atoms. The van der Waals surface area contributed by atoms with Gasteiger partial charge in [0.15, 0.2) is 5.82 Å². The number of hydrogen-bond donors (Lipinski definition) is 1. The van der Waals surface area contributed by atoms with Crippen LogP contribution < -0.4 is 5.73 Å². The van der Waals surface area contributed by atoms with Crippen LogP contribution in [0.3, 0.4) is 0 Å². The molecule has 4 heteroatoms. The lowest BCUT2D eigenvalue weighted by Crippen LogP contribution is -2.12. The Kier molecular flexibility index (Phi) is 4.56. The fraction of sp³-hybridized carbons (Fsp3) is 0.412. The minimum Gasteiger partial charge on any atom is -0.324 e. The average Bonchev–Trinajstić information content (AvgIpc) is 2.70. The number of fused-ring (bicyclic) bond motifs is 1. The Morgan fingerprint density at radius 3 is 2.81 bits per heavy atom. The van der Waals surface area contributed by atoms with Crippen molar-refractivity contribution in [3.63, 3.8) is 0 Å². The Labute approximate surface area is 130 Å². The molecule has 0 saturated carbocycles. The van der Waals surface area contributed by atoms with Crippen molar-refractivity contribution < 1.29 is 0 Å². The number of thioether (sulfide) groups is 1. The van der Waals surface area contributed by atoms with E-state index in [0.29, 0.717) is 0 Å². The maximum absolute atomic E-state index is 6.21. The molecule has 1 aromatic carbocycles. The van der Waals surface area contributed by atoms with Crippen LogP contribution in [0.4, 0.5) is 0 Å². The first-order valence-corrected chi connectivity index (χ1v) is 8.61. The van der Waals surface area contributed by atoms with Crippen molar-refractivity contribution in [3.05, 3.63) is 41.7 Å². The van der Waals surface area contributed by atoms with Crippen LogP contribution >= 0.6 is 11.8 Å². The zero-order chi connectivity index (χ0) is 14.7. The molecule has 110 valence electrons. The number of benzene rings is 1. The molecular weight excluding hydrogens is 278 g/mol. The van der Waals surface area contributed by atoms with Crippen LogP contribution in [0.1, 0.15) is 43.5 Å². The third-order valence-electron chi connectivity index (χ3n) is 3.90. The van der Waals surface area contributed by atoms with Gasteiger partial charge in [0.25, 0.3) is 0 Å². The predicted octanol–water partition coefficient (Wildman–Crippen LogP) is 3.98. The fourth-order valence-electron chi connectivity index (χ4n) is 2.75. The predicted molar refractivity (Wildman–Crippen MR) is 88.3 cm³/mol. The third-order valence-corrected chi connectivity index (χ3v) is 4.80. The summed E-state index contributed by atoms with van der Waals surface area (Å²) in [6.45, 7) is 2.16. The molecule has 1 unspecified atom stereocenters. The number of rotatable bonds is 3. The second-order valence-corrected chi connectivity index (χ2v) is 6.74. The second-order valence-electron chi connectivity index (χ2n) is 5.41. The first-order chi connectivity index (χ1) is 10.3. The molecule has 1 aromatic heterocycles. The van der Waals surface area contributed by atoms with Gasteiger partial charge in [-0.05, 0) is 37.1 Å². The highest BCUT2D eigenvalue weighted by molar-refractivity contribution is 7.99. The summed E-state index contributed by atoms with van der Waals surface area (Å²) in [7, 11) is 0. The average molecular weight is 299 g/mol. The van der Waals surface area contributed by atoms with Crippen molar-refractivity contribution in [1.82, 2.24) is 9.97 Å². The van der Waals surface area contributed by atoms with E-state index in [-0.39, 0.29) is 6.04 Å². The molecule has 1 aliphatic carbocycles. The number of hydrogen-bond acceptors (Lipinski definition) is 4. The van der Waals surface area contributed by atoms with Gasteiger partial charge in [0.1, 0.15) is 0 Å². The molecule has 0 spiro atoms. The molecule has 1 heterocycles. The molecule has 0 saturated heterocycles. The minimum absolute atomic E-state index is 0.0971. The van der Waals surface area contributed by atoms with Crippen LogP contribution in [0.15, 0.2) is 35.4 Å². The molecule has 0 bridgehead atoms. The minimum atomic E-state index is 0.0971. The summed E-state index contributed by atoms with van der Waals surface area (Å²) in [6, 6.07) is 8.60. The maximum Gasteiger partial charge on any atom is 0.159 e. The van der Waals surface area contributed by atoms with E-state index in [2.05, 4.69) is 36.2 Å². The van der Waals surface area contributed by atoms with Crippen LogP contribution in [-0.2, 0) is 6.42 Å². The van der Waals surface area contributed by atoms with Crippen molar-refractivity contribution in [2.45, 2.75) is 43.5 Å². The maximum atomic E-state index is 6.21. The highest BCUT2D eigenvalue weighted by Crippen LogP contribution is 2.27. The highest BCUT2D eigenvalue weighted by Gasteiger charge is 2.17. The van der Waals surface area contributed by atoms with Crippen molar-refractivity contribution in [3.8, 4) is 11.4 Å². The van der Waals surface area contributed by atoms with E-state index in [0.717, 1.165) is 41.2 Å². The summed E-state index contributed by atoms with van der Waals surface area (Å²) >= 11 is 1.85. The topological polar surface area (TPSA) is 51.8 Å². The van der Waals surface area contributed by atoms with Crippen molar-refractivity contribution in [2.24, 2.45) is 5.73 Å². The quantitative estimate of drug-likeness (QED) is 0.688. The highest BCUT2D eigenvalue weighted by atomic mass is 32.2. The van der Waals surface area contributed by atoms with Gasteiger partial charge in [-0.15, -0.1) is 11.8 Å². The summed E-state index contributed by atoms with van der Waals surface area (Å²) in [4.78, 5) is 10.6. The van der Waals surface area contributed by atoms with Crippen molar-refractivity contribution in [1.29, 1.82) is 0 Å². The van der Waals surface area contributed by atoms with Gasteiger partial charge >= 0.3 is 0 Å². The second kappa shape index (κ2) is 6.58. The molecule has 2 aromatic rings. The Morgan fingerprint density at radius 2 is 2.05 bits per heavy atom. The van der Waals surface area contributed by atoms with Gasteiger partial charge in [0.05, 0.1) is 0 Å². The van der Waals surface area contributed by atoms with Crippen LogP contribution in [-0.4, -0.2) is 15.7 Å². The number of nitrogens with two attached hydrogens (primary N) is 1. The van der Waals surface area contributed by atoms with Crippen LogP contribution in [0.2, 0.25) is 0 Å². The van der Waals surface area contributed by atoms with Gasteiger partial charge in [-0.2, -0.15) is 0 Å². The van der Waals surface area contributed by atoms with Gasteiger partial charge in [0, 0.05) is 34.0 Å². The number of nitrogens with zero attached hydrogens (tertiary/aromatic N) is 2. The summed E-state index contributed by atoms with van der Waals surface area (Å²) in [5.74, 6) is 1.91. The Balaban J connectivity index is 1.90. The molecule has 3 rings (SSSR count). The lowest BCUT2D eigenvalue weighted by molar-refractivity contribution is 0.614. The van der Waals surface area contributed by atoms with Gasteiger partial charge in [-0.1, -0.05) is 25.5 Å².